The van der Waals surface area contributed by atoms with Crippen LogP contribution in [0.5, 0.6) is 0 Å². The van der Waals surface area contributed by atoms with Crippen LogP contribution in [-0.2, 0) is 0 Å². The van der Waals surface area contributed by atoms with Gasteiger partial charge in [-0.1, -0.05) is 59.3 Å². The Balaban J connectivity index is 1.67. The van der Waals surface area contributed by atoms with Crippen LogP contribution >= 0.6 is 23.4 Å². The third kappa shape index (κ3) is 5.08. The number of halogens is 1. The molecule has 0 fully saturated rings. The van der Waals surface area contributed by atoms with Crippen LogP contribution in [-0.4, -0.2) is 27.5 Å². The van der Waals surface area contributed by atoms with E-state index in [1.165, 1.54) is 18.0 Å². The summed E-state index contributed by atoms with van der Waals surface area (Å²) in [6.07, 6.45) is 3.08. The molecule has 0 radical (unpaired) electrons. The summed E-state index contributed by atoms with van der Waals surface area (Å²) < 4.78 is 5.79. The molecule has 33 heavy (non-hydrogen) atoms. The Bertz CT molecular complexity index is 1350. The molecule has 0 unspecified atom stereocenters. The molecule has 4 rings (SSSR count). The van der Waals surface area contributed by atoms with E-state index in [9.17, 15) is 9.59 Å². The first-order valence-electron chi connectivity index (χ1n) is 9.93. The van der Waals surface area contributed by atoms with Gasteiger partial charge in [0.15, 0.2) is 10.9 Å². The number of para-hydroxylation sites is 1. The largest absolute Gasteiger partial charge is 0.449 e. The van der Waals surface area contributed by atoms with Crippen molar-refractivity contribution in [2.75, 3.05) is 16.4 Å². The van der Waals surface area contributed by atoms with Crippen molar-refractivity contribution in [1.82, 2.24) is 9.97 Å². The Morgan fingerprint density at radius 3 is 2.64 bits per heavy atom. The third-order valence-electron chi connectivity index (χ3n) is 4.62. The number of carbonyl (C=O) groups excluding carboxylic acids is 2. The highest BCUT2D eigenvalue weighted by Gasteiger charge is 2.24. The third-order valence-corrected chi connectivity index (χ3v) is 5.75. The van der Waals surface area contributed by atoms with Crippen molar-refractivity contribution < 1.29 is 14.0 Å². The van der Waals surface area contributed by atoms with Gasteiger partial charge >= 0.3 is 0 Å². The molecule has 0 saturated carbocycles. The van der Waals surface area contributed by atoms with Crippen LogP contribution in [0, 0.1) is 6.92 Å². The lowest BCUT2D eigenvalue weighted by molar-refractivity contribution is 0.0999. The number of rotatable bonds is 7. The van der Waals surface area contributed by atoms with Crippen molar-refractivity contribution >= 4 is 57.5 Å². The van der Waals surface area contributed by atoms with Crippen LogP contribution < -0.4 is 10.6 Å². The number of nitrogens with one attached hydrogen (secondary N) is 2. The summed E-state index contributed by atoms with van der Waals surface area (Å²) in [4.78, 5) is 34.5. The first-order chi connectivity index (χ1) is 16.0. The van der Waals surface area contributed by atoms with E-state index in [0.717, 1.165) is 5.56 Å². The second-order valence-electron chi connectivity index (χ2n) is 7.03. The smallest absolute Gasteiger partial charge is 0.293 e. The van der Waals surface area contributed by atoms with Crippen LogP contribution in [0.2, 0.25) is 5.02 Å². The highest BCUT2D eigenvalue weighted by atomic mass is 35.5. The molecule has 4 aromatic rings. The van der Waals surface area contributed by atoms with Gasteiger partial charge in [-0.25, -0.2) is 9.97 Å². The molecule has 2 N–H and O–H groups in total. The lowest BCUT2D eigenvalue weighted by Crippen LogP contribution is -2.18. The molecule has 0 spiro atoms. The maximum Gasteiger partial charge on any atom is 0.293 e. The van der Waals surface area contributed by atoms with Crippen LogP contribution in [0.3, 0.4) is 0 Å². The normalized spacial score (nSPS) is 10.7. The zero-order valence-electron chi connectivity index (χ0n) is 17.6. The van der Waals surface area contributed by atoms with Crippen LogP contribution in [0.25, 0.3) is 11.0 Å². The number of benzene rings is 2. The van der Waals surface area contributed by atoms with Crippen molar-refractivity contribution in [2.24, 2.45) is 0 Å². The van der Waals surface area contributed by atoms with Gasteiger partial charge in [0.05, 0.1) is 11.2 Å². The van der Waals surface area contributed by atoms with Gasteiger partial charge in [-0.3, -0.25) is 9.59 Å². The fraction of sp³-hybridized carbons (Fsp3) is 0.0833. The summed E-state index contributed by atoms with van der Waals surface area (Å²) in [7, 11) is 0. The maximum atomic E-state index is 13.1. The molecule has 2 aromatic carbocycles. The van der Waals surface area contributed by atoms with E-state index in [4.69, 9.17) is 16.0 Å². The molecule has 2 heterocycles. The minimum Gasteiger partial charge on any atom is -0.449 e. The van der Waals surface area contributed by atoms with Gasteiger partial charge < -0.3 is 15.1 Å². The van der Waals surface area contributed by atoms with E-state index >= 15 is 0 Å². The van der Waals surface area contributed by atoms with Gasteiger partial charge in [-0.15, -0.1) is 6.58 Å². The quantitative estimate of drug-likeness (QED) is 0.193. The lowest BCUT2D eigenvalue weighted by Gasteiger charge is -2.09. The number of thioether (sulfide) groups is 1. The monoisotopic (exact) mass is 478 g/mol. The lowest BCUT2D eigenvalue weighted by atomic mass is 10.2. The van der Waals surface area contributed by atoms with E-state index in [1.54, 1.807) is 42.5 Å². The van der Waals surface area contributed by atoms with Gasteiger partial charge in [-0.05, 0) is 31.2 Å². The number of furan rings is 1. The molecule has 0 aliphatic rings. The molecule has 0 saturated heterocycles. The van der Waals surface area contributed by atoms with Gasteiger partial charge in [0.2, 0.25) is 5.76 Å². The number of anilines is 2. The van der Waals surface area contributed by atoms with E-state index in [1.807, 2.05) is 19.1 Å². The molecule has 0 bridgehead atoms. The molecule has 0 aliphatic carbocycles. The maximum absolute atomic E-state index is 13.1. The Morgan fingerprint density at radius 2 is 1.88 bits per heavy atom. The number of amides is 2. The van der Waals surface area contributed by atoms with Crippen molar-refractivity contribution in [1.29, 1.82) is 0 Å². The van der Waals surface area contributed by atoms with Crippen LogP contribution in [0.15, 0.2) is 77.0 Å². The molecule has 0 aliphatic heterocycles. The molecule has 7 nitrogen and oxygen atoms in total. The molecule has 2 amide bonds. The molecule has 2 aromatic heterocycles. The minimum absolute atomic E-state index is 0.00611. The molecule has 166 valence electrons. The van der Waals surface area contributed by atoms with Crippen LogP contribution in [0.4, 0.5) is 11.4 Å². The Kier molecular flexibility index (Phi) is 6.76. The summed E-state index contributed by atoms with van der Waals surface area (Å²) in [5, 5.41) is 6.60. The van der Waals surface area contributed by atoms with E-state index in [0.29, 0.717) is 27.6 Å². The second-order valence-corrected chi connectivity index (χ2v) is 8.42. The molecule has 0 atom stereocenters. The summed E-state index contributed by atoms with van der Waals surface area (Å²) >= 11 is 7.51. The highest BCUT2D eigenvalue weighted by Crippen LogP contribution is 2.32. The molecular formula is C24H19ClN4O3S. The summed E-state index contributed by atoms with van der Waals surface area (Å²) in [6.45, 7) is 5.62. The fourth-order valence-electron chi connectivity index (χ4n) is 3.04. The van der Waals surface area contributed by atoms with Crippen LogP contribution in [0.1, 0.15) is 26.6 Å². The van der Waals surface area contributed by atoms with E-state index < -0.39 is 11.8 Å². The zero-order chi connectivity index (χ0) is 23.4. The fourth-order valence-corrected chi connectivity index (χ4v) is 3.77. The Labute approximate surface area is 199 Å². The van der Waals surface area contributed by atoms with Crippen molar-refractivity contribution in [3.8, 4) is 0 Å². The summed E-state index contributed by atoms with van der Waals surface area (Å²) in [5.74, 6) is -0.532. The summed E-state index contributed by atoms with van der Waals surface area (Å²) in [5.41, 5.74) is 2.35. The topological polar surface area (TPSA) is 97.1 Å². The van der Waals surface area contributed by atoms with Gasteiger partial charge in [0.25, 0.3) is 11.8 Å². The first kappa shape index (κ1) is 22.6. The van der Waals surface area contributed by atoms with Gasteiger partial charge in [0, 0.05) is 16.8 Å². The minimum atomic E-state index is -0.584. The highest BCUT2D eigenvalue weighted by molar-refractivity contribution is 7.99. The van der Waals surface area contributed by atoms with E-state index in [2.05, 4.69) is 27.2 Å². The van der Waals surface area contributed by atoms with Gasteiger partial charge in [-0.2, -0.15) is 0 Å². The number of fused-ring (bicyclic) bond motifs is 1. The van der Waals surface area contributed by atoms with Crippen molar-refractivity contribution in [2.45, 2.75) is 12.1 Å². The molecular weight excluding hydrogens is 460 g/mol. The Morgan fingerprint density at radius 1 is 1.12 bits per heavy atom. The predicted octanol–water partition coefficient (Wildman–Crippen LogP) is 5.97. The van der Waals surface area contributed by atoms with Crippen molar-refractivity contribution in [3.63, 3.8) is 0 Å². The zero-order valence-corrected chi connectivity index (χ0v) is 19.2. The average Bonchev–Trinajstić information content (AvgIpc) is 3.18. The average molecular weight is 479 g/mol. The van der Waals surface area contributed by atoms with Crippen molar-refractivity contribution in [3.05, 3.63) is 89.4 Å². The number of aromatic nitrogens is 2. The molecule has 9 heteroatoms. The second kappa shape index (κ2) is 9.89. The Hall–Kier alpha value is -3.62. The predicted molar refractivity (Wildman–Crippen MR) is 131 cm³/mol. The number of carbonyl (C=O) groups is 2. The standard InChI is InChI=1S/C24H19ClN4O3S/c1-3-12-33-24-26-13-17(25)20(29-24)22(30)28-19-16-6-4-5-7-18(16)32-21(19)23(31)27-15-10-8-14(2)9-11-15/h3-11,13H,1,12H2,2H3,(H,27,31)(H,28,30). The van der Waals surface area contributed by atoms with Gasteiger partial charge in [0.1, 0.15) is 11.3 Å². The number of aryl methyl sites for hydroxylation is 1. The number of hydrogen-bond acceptors (Lipinski definition) is 6. The number of nitrogens with zero attached hydrogens (tertiary/aromatic N) is 2. The first-order valence-corrected chi connectivity index (χ1v) is 11.3. The SMILES string of the molecule is C=CCSc1ncc(Cl)c(C(=O)Nc2c(C(=O)Nc3ccc(C)cc3)oc3ccccc23)n1. The number of hydrogen-bond donors (Lipinski definition) is 2. The summed E-state index contributed by atoms with van der Waals surface area (Å²) in [6, 6.07) is 14.4. The van der Waals surface area contributed by atoms with E-state index in [-0.39, 0.29) is 22.2 Å².